The number of methoxy groups -OCH3 is 2. The number of carboxylic acid groups (broad SMARTS) is 1. The van der Waals surface area contributed by atoms with E-state index in [4.69, 9.17) is 23.4 Å². The predicted octanol–water partition coefficient (Wildman–Crippen LogP) is 2.16. The number of benzene rings is 1. The van der Waals surface area contributed by atoms with Gasteiger partial charge in [-0.05, 0) is 6.07 Å². The van der Waals surface area contributed by atoms with Gasteiger partial charge >= 0.3 is 11.6 Å². The molecule has 3 rings (SSSR count). The Hall–Kier alpha value is -3.49. The van der Waals surface area contributed by atoms with E-state index in [1.54, 1.807) is 6.07 Å². The van der Waals surface area contributed by atoms with Crippen LogP contribution in [0.25, 0.3) is 21.9 Å². The van der Waals surface area contributed by atoms with Crippen LogP contribution in [-0.4, -0.2) is 43.2 Å². The Kier molecular flexibility index (Phi) is 4.53. The third-order valence-electron chi connectivity index (χ3n) is 3.77. The van der Waals surface area contributed by atoms with Gasteiger partial charge in [0.15, 0.2) is 11.2 Å². The van der Waals surface area contributed by atoms with Crippen LogP contribution in [0, 0.1) is 0 Å². The standard InChI is InChI=1S/C17H15NO8/c1-23-13-8-4-6-25-14(8)16(24-2)15-11(13)12(21)9(17(22)26-15)7-18-5-3-10(19)20/h4,6-7,21H,3,5H2,1-2H3,(H,19,20). The van der Waals surface area contributed by atoms with Crippen LogP contribution in [0.4, 0.5) is 0 Å². The number of rotatable bonds is 6. The lowest BCUT2D eigenvalue weighted by molar-refractivity contribution is -0.136. The van der Waals surface area contributed by atoms with Crippen molar-refractivity contribution in [2.24, 2.45) is 4.99 Å². The minimum Gasteiger partial charge on any atom is -0.506 e. The number of nitrogens with zero attached hydrogens (tertiary/aromatic N) is 1. The summed E-state index contributed by atoms with van der Waals surface area (Å²) >= 11 is 0. The van der Waals surface area contributed by atoms with E-state index in [0.29, 0.717) is 11.0 Å². The molecule has 136 valence electrons. The maximum Gasteiger partial charge on any atom is 0.349 e. The second-order valence-electron chi connectivity index (χ2n) is 5.26. The first-order valence-corrected chi connectivity index (χ1v) is 7.52. The first kappa shape index (κ1) is 17.3. The lowest BCUT2D eigenvalue weighted by Gasteiger charge is -2.12. The van der Waals surface area contributed by atoms with Gasteiger partial charge in [0.1, 0.15) is 22.4 Å². The Morgan fingerprint density at radius 2 is 2.00 bits per heavy atom. The zero-order chi connectivity index (χ0) is 18.8. The highest BCUT2D eigenvalue weighted by Gasteiger charge is 2.25. The van der Waals surface area contributed by atoms with E-state index in [2.05, 4.69) is 4.99 Å². The van der Waals surface area contributed by atoms with Crippen molar-refractivity contribution >= 4 is 34.1 Å². The number of carboxylic acids is 1. The van der Waals surface area contributed by atoms with Crippen LogP contribution in [0.3, 0.4) is 0 Å². The molecule has 2 aromatic heterocycles. The van der Waals surface area contributed by atoms with Crippen LogP contribution in [0.5, 0.6) is 17.2 Å². The molecule has 26 heavy (non-hydrogen) atoms. The molecular weight excluding hydrogens is 346 g/mol. The second kappa shape index (κ2) is 6.79. The van der Waals surface area contributed by atoms with E-state index in [9.17, 15) is 14.7 Å². The molecule has 0 spiro atoms. The van der Waals surface area contributed by atoms with Gasteiger partial charge in [-0.2, -0.15) is 0 Å². The van der Waals surface area contributed by atoms with Gasteiger partial charge in [0.05, 0.1) is 32.3 Å². The molecule has 0 amide bonds. The number of aliphatic imine (C=N–C) groups is 1. The molecule has 0 saturated heterocycles. The first-order valence-electron chi connectivity index (χ1n) is 7.52. The molecule has 0 saturated carbocycles. The molecule has 0 aliphatic carbocycles. The van der Waals surface area contributed by atoms with Gasteiger partial charge in [-0.1, -0.05) is 0 Å². The van der Waals surface area contributed by atoms with Crippen molar-refractivity contribution in [3.8, 4) is 17.2 Å². The van der Waals surface area contributed by atoms with E-state index in [1.807, 2.05) is 0 Å². The smallest absolute Gasteiger partial charge is 0.349 e. The second-order valence-corrected chi connectivity index (χ2v) is 5.26. The van der Waals surface area contributed by atoms with E-state index in [-0.39, 0.29) is 41.0 Å². The Morgan fingerprint density at radius 1 is 1.27 bits per heavy atom. The summed E-state index contributed by atoms with van der Waals surface area (Å²) < 4.78 is 21.3. The summed E-state index contributed by atoms with van der Waals surface area (Å²) in [6, 6.07) is 1.63. The lowest BCUT2D eigenvalue weighted by Crippen LogP contribution is -2.09. The third kappa shape index (κ3) is 2.73. The normalized spacial score (nSPS) is 11.5. The SMILES string of the molecule is COc1c2occc2c(OC)c2c(O)c(C=NCCC(=O)O)c(=O)oc12. The largest absolute Gasteiger partial charge is 0.506 e. The molecule has 0 unspecified atom stereocenters. The maximum absolute atomic E-state index is 12.3. The van der Waals surface area contributed by atoms with Crippen LogP contribution < -0.4 is 15.1 Å². The van der Waals surface area contributed by atoms with Crippen molar-refractivity contribution in [3.63, 3.8) is 0 Å². The van der Waals surface area contributed by atoms with E-state index in [1.165, 1.54) is 20.5 Å². The van der Waals surface area contributed by atoms with Gasteiger partial charge in [-0.25, -0.2) is 4.79 Å². The fraction of sp³-hybridized carbons (Fsp3) is 0.235. The fourth-order valence-electron chi connectivity index (χ4n) is 2.64. The molecule has 2 heterocycles. The summed E-state index contributed by atoms with van der Waals surface area (Å²) in [5.74, 6) is -1.05. The van der Waals surface area contributed by atoms with E-state index >= 15 is 0 Å². The van der Waals surface area contributed by atoms with Gasteiger partial charge < -0.3 is 28.5 Å². The Balaban J connectivity index is 2.29. The van der Waals surface area contributed by atoms with Crippen molar-refractivity contribution in [2.75, 3.05) is 20.8 Å². The summed E-state index contributed by atoms with van der Waals surface area (Å²) in [4.78, 5) is 26.6. The van der Waals surface area contributed by atoms with E-state index in [0.717, 1.165) is 6.21 Å². The van der Waals surface area contributed by atoms with Gasteiger partial charge in [0, 0.05) is 12.8 Å². The van der Waals surface area contributed by atoms with Crippen LogP contribution in [0.2, 0.25) is 0 Å². The maximum atomic E-state index is 12.3. The van der Waals surface area contributed by atoms with E-state index < -0.39 is 17.3 Å². The van der Waals surface area contributed by atoms with Crippen molar-refractivity contribution in [1.82, 2.24) is 0 Å². The molecule has 0 atom stereocenters. The van der Waals surface area contributed by atoms with Crippen LogP contribution >= 0.6 is 0 Å². The van der Waals surface area contributed by atoms with Gasteiger partial charge in [-0.3, -0.25) is 9.79 Å². The molecule has 0 aliphatic rings. The first-order chi connectivity index (χ1) is 12.5. The summed E-state index contributed by atoms with van der Waals surface area (Å²) in [6.45, 7) is -0.0481. The fourth-order valence-corrected chi connectivity index (χ4v) is 2.64. The van der Waals surface area contributed by atoms with Crippen molar-refractivity contribution in [3.05, 3.63) is 28.3 Å². The van der Waals surface area contributed by atoms with Crippen molar-refractivity contribution in [1.29, 1.82) is 0 Å². The number of hydrogen-bond acceptors (Lipinski definition) is 8. The zero-order valence-electron chi connectivity index (χ0n) is 13.9. The number of aliphatic carboxylic acids is 1. The summed E-state index contributed by atoms with van der Waals surface area (Å²) in [7, 11) is 2.78. The molecule has 9 heteroatoms. The van der Waals surface area contributed by atoms with Crippen LogP contribution in [0.1, 0.15) is 12.0 Å². The Bertz CT molecular complexity index is 1080. The topological polar surface area (TPSA) is 132 Å². The van der Waals surface area contributed by atoms with Gasteiger partial charge in [0.25, 0.3) is 0 Å². The van der Waals surface area contributed by atoms with Crippen LogP contribution in [-0.2, 0) is 4.79 Å². The van der Waals surface area contributed by atoms with Gasteiger partial charge in [0.2, 0.25) is 5.75 Å². The number of hydrogen-bond donors (Lipinski definition) is 2. The highest BCUT2D eigenvalue weighted by Crippen LogP contribution is 2.46. The minimum absolute atomic E-state index is 0.0306. The molecule has 2 N–H and O–H groups in total. The Labute approximate surface area is 146 Å². The quantitative estimate of drug-likeness (QED) is 0.504. The molecular formula is C17H15NO8. The average Bonchev–Trinajstić information content (AvgIpc) is 3.08. The molecule has 0 radical (unpaired) electrons. The third-order valence-corrected chi connectivity index (χ3v) is 3.77. The summed E-state index contributed by atoms with van der Waals surface area (Å²) in [6.07, 6.45) is 2.29. The average molecular weight is 361 g/mol. The molecule has 1 aromatic carbocycles. The molecule has 0 aliphatic heterocycles. The van der Waals surface area contributed by atoms with Crippen LogP contribution in [0.15, 0.2) is 31.0 Å². The Morgan fingerprint density at radius 3 is 2.65 bits per heavy atom. The monoisotopic (exact) mass is 361 g/mol. The number of carbonyl (C=O) groups is 1. The highest BCUT2D eigenvalue weighted by molar-refractivity contribution is 6.10. The lowest BCUT2D eigenvalue weighted by atomic mass is 10.1. The molecule has 9 nitrogen and oxygen atoms in total. The minimum atomic E-state index is -1.02. The molecule has 0 fully saturated rings. The summed E-state index contributed by atoms with van der Waals surface area (Å²) in [5, 5.41) is 19.9. The highest BCUT2D eigenvalue weighted by atomic mass is 16.5. The number of ether oxygens (including phenoxy) is 2. The number of fused-ring (bicyclic) bond motifs is 2. The summed E-state index contributed by atoms with van der Waals surface area (Å²) in [5.41, 5.74) is -0.800. The zero-order valence-corrected chi connectivity index (χ0v) is 13.9. The molecule has 3 aromatic rings. The number of aromatic hydroxyl groups is 1. The van der Waals surface area contributed by atoms with Gasteiger partial charge in [-0.15, -0.1) is 0 Å². The predicted molar refractivity (Wildman–Crippen MR) is 91.7 cm³/mol. The number of furan rings is 1. The van der Waals surface area contributed by atoms with Crippen molar-refractivity contribution < 1.29 is 33.3 Å². The molecule has 0 bridgehead atoms. The van der Waals surface area contributed by atoms with Crippen molar-refractivity contribution in [2.45, 2.75) is 6.42 Å².